The number of aromatic nitrogens is 5. The van der Waals surface area contributed by atoms with Crippen molar-refractivity contribution < 1.29 is 13.9 Å². The molecule has 1 aliphatic heterocycles. The average Bonchev–Trinajstić information content (AvgIpc) is 3.39. The van der Waals surface area contributed by atoms with Crippen LogP contribution in [0.15, 0.2) is 24.5 Å². The summed E-state index contributed by atoms with van der Waals surface area (Å²) in [7, 11) is 1.77. The van der Waals surface area contributed by atoms with Crippen molar-refractivity contribution in [2.75, 3.05) is 13.1 Å². The minimum absolute atomic E-state index is 0.255. The molecule has 8 nitrogen and oxygen atoms in total. The van der Waals surface area contributed by atoms with Crippen molar-refractivity contribution in [2.45, 2.75) is 45.1 Å². The summed E-state index contributed by atoms with van der Waals surface area (Å²) in [6.45, 7) is 6.94. The lowest BCUT2D eigenvalue weighted by molar-refractivity contribution is 0.0205. The first-order valence-electron chi connectivity index (χ1n) is 10.6. The molecule has 3 aromatic heterocycles. The van der Waals surface area contributed by atoms with Gasteiger partial charge in [-0.05, 0) is 39.7 Å². The van der Waals surface area contributed by atoms with Gasteiger partial charge in [0.1, 0.15) is 16.6 Å². The van der Waals surface area contributed by atoms with Crippen molar-refractivity contribution in [1.82, 2.24) is 29.4 Å². The van der Waals surface area contributed by atoms with Gasteiger partial charge in [0.2, 0.25) is 0 Å². The fourth-order valence-electron chi connectivity index (χ4n) is 4.01. The van der Waals surface area contributed by atoms with Crippen LogP contribution in [-0.2, 0) is 11.8 Å². The molecule has 32 heavy (non-hydrogen) atoms. The fourth-order valence-corrected chi connectivity index (χ4v) is 5.09. The predicted molar refractivity (Wildman–Crippen MR) is 121 cm³/mol. The Labute approximate surface area is 188 Å². The van der Waals surface area contributed by atoms with E-state index in [1.165, 1.54) is 6.07 Å². The molecular formula is C22H25FN6O2S. The number of hydrogen-bond donors (Lipinski definition) is 0. The van der Waals surface area contributed by atoms with Crippen LogP contribution in [-0.4, -0.2) is 54.2 Å². The lowest BCUT2D eigenvalue weighted by Crippen LogP contribution is -2.41. The third kappa shape index (κ3) is 3.94. The number of ether oxygens (including phenoxy) is 1. The van der Waals surface area contributed by atoms with E-state index in [4.69, 9.17) is 9.72 Å². The summed E-state index contributed by atoms with van der Waals surface area (Å²) in [5.41, 5.74) is 1.30. The molecule has 0 radical (unpaired) electrons. The highest BCUT2D eigenvalue weighted by molar-refractivity contribution is 7.18. The summed E-state index contributed by atoms with van der Waals surface area (Å²) in [5, 5.41) is 10.5. The second-order valence-electron chi connectivity index (χ2n) is 9.23. The quantitative estimate of drug-likeness (QED) is 0.440. The lowest BCUT2D eigenvalue weighted by atomic mass is 9.98. The normalized spacial score (nSPS) is 15.7. The number of amides is 1. The van der Waals surface area contributed by atoms with Crippen molar-refractivity contribution in [3.63, 3.8) is 0 Å². The summed E-state index contributed by atoms with van der Waals surface area (Å²) >= 11 is 1.56. The zero-order valence-electron chi connectivity index (χ0n) is 18.5. The molecule has 0 unspecified atom stereocenters. The van der Waals surface area contributed by atoms with Crippen molar-refractivity contribution in [1.29, 1.82) is 0 Å². The minimum atomic E-state index is -0.488. The summed E-state index contributed by atoms with van der Waals surface area (Å²) in [5.74, 6) is -0.0760. The van der Waals surface area contributed by atoms with Gasteiger partial charge in [0.05, 0.1) is 16.9 Å². The zero-order chi connectivity index (χ0) is 22.6. The van der Waals surface area contributed by atoms with E-state index < -0.39 is 5.60 Å². The first-order chi connectivity index (χ1) is 15.2. The minimum Gasteiger partial charge on any atom is -0.444 e. The van der Waals surface area contributed by atoms with E-state index in [0.29, 0.717) is 30.2 Å². The number of rotatable bonds is 2. The standard InChI is InChI=1S/C22H25FN6O2S/c1-22(2,3)31-21(30)28-7-5-13(6-8-28)19-24-17-12-29(26-20(17)32-19)15-9-14-11-27(4)25-18(14)16(23)10-15/h9-13H,5-8H2,1-4H3. The number of halogens is 1. The molecule has 1 aromatic carbocycles. The van der Waals surface area contributed by atoms with Crippen LogP contribution in [0.5, 0.6) is 0 Å². The van der Waals surface area contributed by atoms with Crippen molar-refractivity contribution in [3.05, 3.63) is 35.4 Å². The molecule has 168 valence electrons. The maximum absolute atomic E-state index is 14.4. The molecular weight excluding hydrogens is 431 g/mol. The first-order valence-corrected chi connectivity index (χ1v) is 11.5. The summed E-state index contributed by atoms with van der Waals surface area (Å²) in [6.07, 6.45) is 5.06. The van der Waals surface area contributed by atoms with Gasteiger partial charge in [-0.25, -0.2) is 18.9 Å². The molecule has 10 heteroatoms. The van der Waals surface area contributed by atoms with Gasteiger partial charge in [-0.3, -0.25) is 4.68 Å². The number of piperidine rings is 1. The molecule has 0 spiro atoms. The summed E-state index contributed by atoms with van der Waals surface area (Å²) in [6, 6.07) is 3.31. The van der Waals surface area contributed by atoms with Gasteiger partial charge in [-0.2, -0.15) is 10.2 Å². The summed E-state index contributed by atoms with van der Waals surface area (Å²) in [4.78, 5) is 19.7. The monoisotopic (exact) mass is 456 g/mol. The molecule has 1 fully saturated rings. The maximum atomic E-state index is 14.4. The number of benzene rings is 1. The molecule has 1 saturated heterocycles. The fraction of sp³-hybridized carbons (Fsp3) is 0.455. The number of likely N-dealkylation sites (tertiary alicyclic amines) is 1. The van der Waals surface area contributed by atoms with Gasteiger partial charge < -0.3 is 9.64 Å². The van der Waals surface area contributed by atoms with Crippen LogP contribution in [0.1, 0.15) is 44.5 Å². The Morgan fingerprint density at radius 1 is 1.19 bits per heavy atom. The van der Waals surface area contributed by atoms with E-state index in [0.717, 1.165) is 33.6 Å². The Balaban J connectivity index is 1.31. The van der Waals surface area contributed by atoms with Gasteiger partial charge in [0.15, 0.2) is 10.6 Å². The molecule has 0 aliphatic carbocycles. The largest absolute Gasteiger partial charge is 0.444 e. The Morgan fingerprint density at radius 3 is 2.62 bits per heavy atom. The summed E-state index contributed by atoms with van der Waals surface area (Å²) < 4.78 is 23.2. The van der Waals surface area contributed by atoms with E-state index in [2.05, 4.69) is 10.2 Å². The number of hydrogen-bond acceptors (Lipinski definition) is 6. The van der Waals surface area contributed by atoms with Gasteiger partial charge >= 0.3 is 6.09 Å². The Kier molecular flexibility index (Phi) is 4.92. The number of aryl methyl sites for hydroxylation is 1. The third-order valence-corrected chi connectivity index (χ3v) is 6.63. The van der Waals surface area contributed by atoms with Crippen molar-refractivity contribution in [3.8, 4) is 5.69 Å². The van der Waals surface area contributed by atoms with Crippen LogP contribution in [0.2, 0.25) is 0 Å². The molecule has 4 heterocycles. The van der Waals surface area contributed by atoms with Crippen molar-refractivity contribution >= 4 is 38.7 Å². The Morgan fingerprint density at radius 2 is 1.94 bits per heavy atom. The van der Waals surface area contributed by atoms with Crippen molar-refractivity contribution in [2.24, 2.45) is 7.05 Å². The number of fused-ring (bicyclic) bond motifs is 2. The maximum Gasteiger partial charge on any atom is 0.410 e. The first kappa shape index (κ1) is 20.9. The molecule has 5 rings (SSSR count). The molecule has 0 bridgehead atoms. The zero-order valence-corrected chi connectivity index (χ0v) is 19.3. The van der Waals surface area contributed by atoms with E-state index in [1.54, 1.807) is 38.8 Å². The highest BCUT2D eigenvalue weighted by Gasteiger charge is 2.29. The Hall–Kier alpha value is -3.01. The average molecular weight is 457 g/mol. The lowest BCUT2D eigenvalue weighted by Gasteiger charge is -2.32. The van der Waals surface area contributed by atoms with Gasteiger partial charge in [-0.1, -0.05) is 11.3 Å². The van der Waals surface area contributed by atoms with Crippen LogP contribution in [0.3, 0.4) is 0 Å². The van der Waals surface area contributed by atoms with E-state index in [-0.39, 0.29) is 11.9 Å². The van der Waals surface area contributed by atoms with Gasteiger partial charge in [-0.15, -0.1) is 0 Å². The SMILES string of the molecule is Cn1cc2cc(-n3cc4nc(C5CCN(C(=O)OC(C)(C)C)CC5)sc4n3)cc(F)c2n1. The number of nitrogens with zero attached hydrogens (tertiary/aromatic N) is 6. The van der Waals surface area contributed by atoms with Gasteiger partial charge in [0, 0.05) is 43.7 Å². The van der Waals surface area contributed by atoms with Crippen LogP contribution < -0.4 is 0 Å². The van der Waals surface area contributed by atoms with Crippen LogP contribution in [0.25, 0.3) is 26.9 Å². The third-order valence-electron chi connectivity index (χ3n) is 5.52. The van der Waals surface area contributed by atoms with E-state index in [1.807, 2.05) is 33.0 Å². The number of thiazole rings is 1. The van der Waals surface area contributed by atoms with E-state index in [9.17, 15) is 9.18 Å². The molecule has 4 aromatic rings. The highest BCUT2D eigenvalue weighted by atomic mass is 32.1. The second kappa shape index (κ2) is 7.54. The topological polar surface area (TPSA) is 78.1 Å². The van der Waals surface area contributed by atoms with Crippen LogP contribution in [0.4, 0.5) is 9.18 Å². The second-order valence-corrected chi connectivity index (χ2v) is 10.2. The number of carbonyl (C=O) groups excluding carboxylic acids is 1. The van der Waals surface area contributed by atoms with Gasteiger partial charge in [0.25, 0.3) is 0 Å². The molecule has 0 N–H and O–H groups in total. The van der Waals surface area contributed by atoms with E-state index >= 15 is 0 Å². The molecule has 0 atom stereocenters. The Bertz CT molecular complexity index is 1280. The highest BCUT2D eigenvalue weighted by Crippen LogP contribution is 2.34. The predicted octanol–water partition coefficient (Wildman–Crippen LogP) is 4.62. The van der Waals surface area contributed by atoms with Crippen LogP contribution >= 0.6 is 11.3 Å². The molecule has 1 amide bonds. The van der Waals surface area contributed by atoms with Crippen LogP contribution in [0, 0.1) is 5.82 Å². The number of carbonyl (C=O) groups is 1. The molecule has 1 aliphatic rings. The molecule has 0 saturated carbocycles. The smallest absolute Gasteiger partial charge is 0.410 e.